The summed E-state index contributed by atoms with van der Waals surface area (Å²) < 4.78 is 2.20. The minimum Gasteiger partial charge on any atom is -0.256 e. The zero-order chi connectivity index (χ0) is 45.5. The Labute approximate surface area is 410 Å². The summed E-state index contributed by atoms with van der Waals surface area (Å²) in [6, 6.07) is 72.1. The molecule has 0 aliphatic carbocycles. The van der Waals surface area contributed by atoms with Crippen molar-refractivity contribution < 1.29 is 0 Å². The van der Waals surface area contributed by atoms with Gasteiger partial charge in [0, 0.05) is 44.2 Å². The summed E-state index contributed by atoms with van der Waals surface area (Å²) in [5.74, 6) is 0. The lowest BCUT2D eigenvalue weighted by molar-refractivity contribution is 0.926. The van der Waals surface area contributed by atoms with E-state index in [4.69, 9.17) is 4.98 Å². The van der Waals surface area contributed by atoms with Gasteiger partial charge in [0.2, 0.25) is 0 Å². The minimum atomic E-state index is 0.893. The first-order chi connectivity index (χ1) is 32.9. The molecule has 67 heavy (non-hydrogen) atoms. The zero-order valence-corrected chi connectivity index (χ0v) is 40.4. The summed E-state index contributed by atoms with van der Waals surface area (Å²) in [7, 11) is 0. The van der Waals surface area contributed by atoms with Crippen molar-refractivity contribution in [3.8, 4) is 78.3 Å². The Morgan fingerprint density at radius 1 is 0.328 bits per heavy atom. The zero-order valence-electron chi connectivity index (χ0n) is 37.2. The molecule has 0 unspecified atom stereocenters. The lowest BCUT2D eigenvalue weighted by Crippen LogP contribution is -1.99. The molecular formula is C62H47Br2N3. The predicted octanol–water partition coefficient (Wildman–Crippen LogP) is 16.9. The minimum absolute atomic E-state index is 0.893. The number of nitrogens with zero attached hydrogens (tertiary/aromatic N) is 3. The van der Waals surface area contributed by atoms with Crippen LogP contribution in [-0.4, -0.2) is 15.0 Å². The standard InChI is InChI=1S/C62H47Br2N3/c1-42-17-32-62(67-41-42)50-30-31-56(57(38-50)47-24-22-46(23-25-47)45-11-3-2-4-12-45)55-14-6-5-13-54(55)53-36-43(18-20-48-26-28-51(39-58(48)63)60-15-7-9-33-65-60)35-44(37-53)19-21-49-27-29-52(40-59(49)64)61-16-8-10-34-66-61/h2-17,22-41H,18-21H2,1H3. The third kappa shape index (κ3) is 10.2. The highest BCUT2D eigenvalue weighted by Crippen LogP contribution is 2.41. The van der Waals surface area contributed by atoms with Gasteiger partial charge in [-0.2, -0.15) is 0 Å². The van der Waals surface area contributed by atoms with Gasteiger partial charge in [0.25, 0.3) is 0 Å². The molecule has 324 valence electrons. The molecule has 7 aromatic carbocycles. The molecule has 3 nitrogen and oxygen atoms in total. The van der Waals surface area contributed by atoms with E-state index < -0.39 is 0 Å². The van der Waals surface area contributed by atoms with E-state index in [0.717, 1.165) is 79.5 Å². The third-order valence-corrected chi connectivity index (χ3v) is 14.0. The van der Waals surface area contributed by atoms with Crippen LogP contribution in [0.25, 0.3) is 78.3 Å². The van der Waals surface area contributed by atoms with Crippen molar-refractivity contribution in [2.75, 3.05) is 0 Å². The summed E-state index contributed by atoms with van der Waals surface area (Å²) in [5, 5.41) is 0. The molecule has 0 aliphatic rings. The highest BCUT2D eigenvalue weighted by atomic mass is 79.9. The molecule has 0 aliphatic heterocycles. The lowest BCUT2D eigenvalue weighted by Gasteiger charge is -2.18. The maximum absolute atomic E-state index is 4.84. The number of aromatic nitrogens is 3. The van der Waals surface area contributed by atoms with Gasteiger partial charge in [0.05, 0.1) is 17.1 Å². The van der Waals surface area contributed by atoms with E-state index >= 15 is 0 Å². The van der Waals surface area contributed by atoms with Crippen LogP contribution in [0.3, 0.4) is 0 Å². The lowest BCUT2D eigenvalue weighted by atomic mass is 9.86. The summed E-state index contributed by atoms with van der Waals surface area (Å²) in [6.45, 7) is 2.08. The fourth-order valence-corrected chi connectivity index (χ4v) is 10.1. The number of pyridine rings is 3. The molecule has 0 saturated heterocycles. The van der Waals surface area contributed by atoms with Crippen molar-refractivity contribution in [1.82, 2.24) is 15.0 Å². The summed E-state index contributed by atoms with van der Waals surface area (Å²) in [5.41, 5.74) is 22.0. The Morgan fingerprint density at radius 2 is 0.821 bits per heavy atom. The fourth-order valence-electron chi connectivity index (χ4n) is 8.91. The Balaban J connectivity index is 1.03. The largest absolute Gasteiger partial charge is 0.256 e. The van der Waals surface area contributed by atoms with Gasteiger partial charge in [-0.1, -0.05) is 184 Å². The van der Waals surface area contributed by atoms with E-state index in [1.807, 2.05) is 42.9 Å². The molecule has 0 amide bonds. The SMILES string of the molecule is Cc1ccc(-c2ccc(-c3ccccc3-c3cc(CCc4ccc(-c5ccccn5)cc4Br)cc(CCc4ccc(-c5ccccn5)cc4Br)c3)c(-c3ccc(-c4ccccc4)cc3)c2)nc1. The van der Waals surface area contributed by atoms with Crippen LogP contribution in [0.15, 0.2) is 228 Å². The number of aryl methyl sites for hydroxylation is 5. The second-order valence-electron chi connectivity index (χ2n) is 17.1. The third-order valence-electron chi connectivity index (χ3n) is 12.5. The molecule has 3 aromatic heterocycles. The molecule has 10 aromatic rings. The Hall–Kier alpha value is -7.05. The second kappa shape index (κ2) is 20.2. The molecule has 0 atom stereocenters. The molecule has 10 rings (SSSR count). The van der Waals surface area contributed by atoms with Gasteiger partial charge in [-0.15, -0.1) is 0 Å². The van der Waals surface area contributed by atoms with Crippen LogP contribution in [-0.2, 0) is 25.7 Å². The quantitative estimate of drug-likeness (QED) is 0.116. The van der Waals surface area contributed by atoms with E-state index in [1.165, 1.54) is 61.2 Å². The average Bonchev–Trinajstić information content (AvgIpc) is 3.39. The van der Waals surface area contributed by atoms with Crippen LogP contribution in [0.2, 0.25) is 0 Å². The van der Waals surface area contributed by atoms with Crippen LogP contribution >= 0.6 is 31.9 Å². The Morgan fingerprint density at radius 3 is 1.39 bits per heavy atom. The van der Waals surface area contributed by atoms with Crippen molar-refractivity contribution in [1.29, 1.82) is 0 Å². The maximum atomic E-state index is 4.84. The predicted molar refractivity (Wildman–Crippen MR) is 286 cm³/mol. The van der Waals surface area contributed by atoms with Crippen LogP contribution in [0.5, 0.6) is 0 Å². The van der Waals surface area contributed by atoms with Crippen molar-refractivity contribution in [2.45, 2.75) is 32.6 Å². The van der Waals surface area contributed by atoms with Crippen molar-refractivity contribution in [2.24, 2.45) is 0 Å². The van der Waals surface area contributed by atoms with Gasteiger partial charge < -0.3 is 0 Å². The van der Waals surface area contributed by atoms with Crippen LogP contribution < -0.4 is 0 Å². The van der Waals surface area contributed by atoms with Gasteiger partial charge in [0.15, 0.2) is 0 Å². The molecule has 5 heteroatoms. The molecule has 0 bridgehead atoms. The molecule has 0 N–H and O–H groups in total. The normalized spacial score (nSPS) is 11.1. The number of benzene rings is 7. The number of halogens is 2. The van der Waals surface area contributed by atoms with E-state index in [2.05, 4.69) is 225 Å². The van der Waals surface area contributed by atoms with Crippen molar-refractivity contribution in [3.05, 3.63) is 256 Å². The number of hydrogen-bond acceptors (Lipinski definition) is 3. The smallest absolute Gasteiger partial charge is 0.0702 e. The summed E-state index contributed by atoms with van der Waals surface area (Å²) in [4.78, 5) is 14.0. The summed E-state index contributed by atoms with van der Waals surface area (Å²) >= 11 is 7.84. The molecule has 0 radical (unpaired) electrons. The molecule has 0 saturated carbocycles. The van der Waals surface area contributed by atoms with Crippen LogP contribution in [0, 0.1) is 6.92 Å². The average molecular weight is 994 g/mol. The van der Waals surface area contributed by atoms with E-state index in [-0.39, 0.29) is 0 Å². The van der Waals surface area contributed by atoms with Crippen molar-refractivity contribution in [3.63, 3.8) is 0 Å². The molecule has 0 spiro atoms. The first-order valence-electron chi connectivity index (χ1n) is 22.8. The van der Waals surface area contributed by atoms with Crippen LogP contribution in [0.4, 0.5) is 0 Å². The Bertz CT molecular complexity index is 3190. The van der Waals surface area contributed by atoms with Gasteiger partial charge in [-0.25, -0.2) is 0 Å². The molecular weight excluding hydrogens is 947 g/mol. The molecule has 3 heterocycles. The number of hydrogen-bond donors (Lipinski definition) is 0. The van der Waals surface area contributed by atoms with Gasteiger partial charge in [-0.3, -0.25) is 15.0 Å². The van der Waals surface area contributed by atoms with E-state index in [9.17, 15) is 0 Å². The maximum Gasteiger partial charge on any atom is 0.0702 e. The summed E-state index contributed by atoms with van der Waals surface area (Å²) in [6.07, 6.45) is 9.21. The van der Waals surface area contributed by atoms with Gasteiger partial charge in [-0.05, 0) is 153 Å². The van der Waals surface area contributed by atoms with Gasteiger partial charge in [0.1, 0.15) is 0 Å². The highest BCUT2D eigenvalue weighted by molar-refractivity contribution is 9.10. The van der Waals surface area contributed by atoms with Crippen molar-refractivity contribution >= 4 is 31.9 Å². The van der Waals surface area contributed by atoms with Crippen LogP contribution in [0.1, 0.15) is 27.8 Å². The number of rotatable bonds is 13. The van der Waals surface area contributed by atoms with Gasteiger partial charge >= 0.3 is 0 Å². The first-order valence-corrected chi connectivity index (χ1v) is 24.4. The molecule has 0 fully saturated rings. The topological polar surface area (TPSA) is 38.7 Å². The first kappa shape index (κ1) is 43.8. The van der Waals surface area contributed by atoms with E-state index in [0.29, 0.717) is 0 Å². The Kier molecular flexibility index (Phi) is 13.2. The van der Waals surface area contributed by atoms with E-state index in [1.54, 1.807) is 0 Å². The monoisotopic (exact) mass is 991 g/mol. The fraction of sp³-hybridized carbons (Fsp3) is 0.0806. The highest BCUT2D eigenvalue weighted by Gasteiger charge is 2.17. The second-order valence-corrected chi connectivity index (χ2v) is 18.8.